The lowest BCUT2D eigenvalue weighted by Crippen LogP contribution is -2.12. The van der Waals surface area contributed by atoms with E-state index in [0.717, 1.165) is 18.4 Å². The van der Waals surface area contributed by atoms with Crippen LogP contribution in [-0.4, -0.2) is 13.1 Å². The molecule has 76 valence electrons. The average Bonchev–Trinajstić information content (AvgIpc) is 2.27. The molecule has 0 radical (unpaired) electrons. The lowest BCUT2D eigenvalue weighted by molar-refractivity contribution is -0.136. The van der Waals surface area contributed by atoms with Gasteiger partial charge < -0.3 is 4.74 Å². The molecule has 0 unspecified atom stereocenters. The Morgan fingerprint density at radius 1 is 1.29 bits per heavy atom. The molecule has 0 aromatic carbocycles. The first kappa shape index (κ1) is 9.50. The summed E-state index contributed by atoms with van der Waals surface area (Å²) in [5.41, 5.74) is 3.93. The summed E-state index contributed by atoms with van der Waals surface area (Å²) in [6, 6.07) is 0. The van der Waals surface area contributed by atoms with Gasteiger partial charge in [-0.25, -0.2) is 4.79 Å². The lowest BCUT2D eigenvalue weighted by atomic mass is 9.82. The maximum Gasteiger partial charge on any atom is 0.333 e. The van der Waals surface area contributed by atoms with Crippen molar-refractivity contribution in [2.45, 2.75) is 38.5 Å². The number of hydrogen-bond acceptors (Lipinski definition) is 2. The van der Waals surface area contributed by atoms with Crippen LogP contribution in [0.4, 0.5) is 0 Å². The Kier molecular flexibility index (Phi) is 2.71. The van der Waals surface area contributed by atoms with Crippen molar-refractivity contribution in [2.24, 2.45) is 0 Å². The second-order valence-corrected chi connectivity index (χ2v) is 4.02. The second kappa shape index (κ2) is 3.99. The minimum absolute atomic E-state index is 0.151. The van der Waals surface area contributed by atoms with Gasteiger partial charge in [-0.2, -0.15) is 0 Å². The molecule has 0 heterocycles. The van der Waals surface area contributed by atoms with Crippen LogP contribution in [0.2, 0.25) is 0 Å². The van der Waals surface area contributed by atoms with Crippen molar-refractivity contribution in [3.63, 3.8) is 0 Å². The standard InChI is InChI=1S/C12H16O2/c1-14-12(13)11-7-6-9-4-2-3-5-10(9)8-11/h7H,2-6,8H2,1H3. The first-order valence-corrected chi connectivity index (χ1v) is 5.28. The highest BCUT2D eigenvalue weighted by Crippen LogP contribution is 2.35. The fraction of sp³-hybridized carbons (Fsp3) is 0.583. The van der Waals surface area contributed by atoms with Gasteiger partial charge in [0.15, 0.2) is 0 Å². The number of methoxy groups -OCH3 is 1. The van der Waals surface area contributed by atoms with Crippen molar-refractivity contribution < 1.29 is 9.53 Å². The zero-order chi connectivity index (χ0) is 9.97. The Labute approximate surface area is 84.6 Å². The Hall–Kier alpha value is -1.05. The monoisotopic (exact) mass is 192 g/mol. The van der Waals surface area contributed by atoms with E-state index in [0.29, 0.717) is 0 Å². The van der Waals surface area contributed by atoms with E-state index in [1.165, 1.54) is 38.4 Å². The number of carbonyl (C=O) groups excluding carboxylic acids is 1. The van der Waals surface area contributed by atoms with Crippen molar-refractivity contribution in [3.05, 3.63) is 22.8 Å². The third kappa shape index (κ3) is 1.74. The predicted octanol–water partition coefficient (Wildman–Crippen LogP) is 2.75. The van der Waals surface area contributed by atoms with Crippen LogP contribution in [-0.2, 0) is 9.53 Å². The number of ether oxygens (including phenoxy) is 1. The van der Waals surface area contributed by atoms with E-state index in [2.05, 4.69) is 0 Å². The van der Waals surface area contributed by atoms with E-state index in [1.807, 2.05) is 6.08 Å². The van der Waals surface area contributed by atoms with Crippen LogP contribution in [0.1, 0.15) is 38.5 Å². The zero-order valence-electron chi connectivity index (χ0n) is 8.64. The summed E-state index contributed by atoms with van der Waals surface area (Å²) in [5, 5.41) is 0. The van der Waals surface area contributed by atoms with Gasteiger partial charge in [0.05, 0.1) is 7.11 Å². The smallest absolute Gasteiger partial charge is 0.333 e. The minimum Gasteiger partial charge on any atom is -0.466 e. The average molecular weight is 192 g/mol. The number of hydrogen-bond donors (Lipinski definition) is 0. The van der Waals surface area contributed by atoms with Gasteiger partial charge in [-0.1, -0.05) is 17.2 Å². The molecular formula is C12H16O2. The van der Waals surface area contributed by atoms with Crippen LogP contribution >= 0.6 is 0 Å². The van der Waals surface area contributed by atoms with E-state index < -0.39 is 0 Å². The fourth-order valence-electron chi connectivity index (χ4n) is 2.33. The molecule has 0 aromatic heterocycles. The van der Waals surface area contributed by atoms with E-state index in [4.69, 9.17) is 4.74 Å². The molecule has 0 N–H and O–H groups in total. The summed E-state index contributed by atoms with van der Waals surface area (Å²) in [4.78, 5) is 11.3. The Morgan fingerprint density at radius 3 is 2.71 bits per heavy atom. The molecule has 0 spiro atoms. The summed E-state index contributed by atoms with van der Waals surface area (Å²) < 4.78 is 4.74. The molecule has 0 saturated heterocycles. The largest absolute Gasteiger partial charge is 0.466 e. The lowest BCUT2D eigenvalue weighted by Gasteiger charge is -2.24. The molecule has 2 heteroatoms. The van der Waals surface area contributed by atoms with E-state index >= 15 is 0 Å². The SMILES string of the molecule is COC(=O)C1=CCC2=C(CCCC2)C1. The van der Waals surface area contributed by atoms with Crippen molar-refractivity contribution >= 4 is 5.97 Å². The van der Waals surface area contributed by atoms with Gasteiger partial charge in [0.2, 0.25) is 0 Å². The Bertz CT molecular complexity index is 310. The van der Waals surface area contributed by atoms with Gasteiger partial charge >= 0.3 is 5.97 Å². The highest BCUT2D eigenvalue weighted by molar-refractivity contribution is 5.89. The van der Waals surface area contributed by atoms with E-state index in [9.17, 15) is 4.79 Å². The van der Waals surface area contributed by atoms with Gasteiger partial charge in [0, 0.05) is 12.0 Å². The third-order valence-corrected chi connectivity index (χ3v) is 3.15. The number of carbonyl (C=O) groups is 1. The van der Waals surface area contributed by atoms with Gasteiger partial charge in [-0.05, 0) is 32.1 Å². The van der Waals surface area contributed by atoms with Crippen LogP contribution < -0.4 is 0 Å². The van der Waals surface area contributed by atoms with Gasteiger partial charge in [-0.3, -0.25) is 0 Å². The molecule has 0 amide bonds. The first-order valence-electron chi connectivity index (χ1n) is 5.28. The van der Waals surface area contributed by atoms with Crippen LogP contribution in [0, 0.1) is 0 Å². The van der Waals surface area contributed by atoms with Gasteiger partial charge in [-0.15, -0.1) is 0 Å². The molecule has 0 fully saturated rings. The van der Waals surface area contributed by atoms with E-state index in [-0.39, 0.29) is 5.97 Å². The summed E-state index contributed by atoms with van der Waals surface area (Å²) in [6.45, 7) is 0. The Morgan fingerprint density at radius 2 is 2.00 bits per heavy atom. The maximum absolute atomic E-state index is 11.3. The first-order chi connectivity index (χ1) is 6.81. The predicted molar refractivity (Wildman–Crippen MR) is 54.8 cm³/mol. The molecule has 0 saturated carbocycles. The molecule has 2 aliphatic carbocycles. The molecule has 0 atom stereocenters. The molecule has 2 aliphatic rings. The summed E-state index contributed by atoms with van der Waals surface area (Å²) in [5.74, 6) is -0.151. The number of allylic oxidation sites excluding steroid dienone is 3. The highest BCUT2D eigenvalue weighted by atomic mass is 16.5. The van der Waals surface area contributed by atoms with Crippen molar-refractivity contribution in [1.29, 1.82) is 0 Å². The zero-order valence-corrected chi connectivity index (χ0v) is 8.64. The maximum atomic E-state index is 11.3. The van der Waals surface area contributed by atoms with Crippen LogP contribution in [0.3, 0.4) is 0 Å². The summed E-state index contributed by atoms with van der Waals surface area (Å²) in [6.07, 6.45) is 8.87. The van der Waals surface area contributed by atoms with Crippen LogP contribution in [0.5, 0.6) is 0 Å². The van der Waals surface area contributed by atoms with E-state index in [1.54, 1.807) is 5.57 Å². The molecule has 0 bridgehead atoms. The molecule has 0 aliphatic heterocycles. The summed E-state index contributed by atoms with van der Waals surface area (Å²) in [7, 11) is 1.45. The van der Waals surface area contributed by atoms with Crippen molar-refractivity contribution in [1.82, 2.24) is 0 Å². The van der Waals surface area contributed by atoms with Gasteiger partial charge in [0.1, 0.15) is 0 Å². The Balaban J connectivity index is 2.09. The second-order valence-electron chi connectivity index (χ2n) is 4.02. The minimum atomic E-state index is -0.151. The van der Waals surface area contributed by atoms with Crippen molar-refractivity contribution in [3.8, 4) is 0 Å². The molecule has 2 nitrogen and oxygen atoms in total. The van der Waals surface area contributed by atoms with Crippen LogP contribution in [0.15, 0.2) is 22.8 Å². The molecule has 14 heavy (non-hydrogen) atoms. The number of esters is 1. The third-order valence-electron chi connectivity index (χ3n) is 3.15. The highest BCUT2D eigenvalue weighted by Gasteiger charge is 2.20. The molecule has 0 aromatic rings. The van der Waals surface area contributed by atoms with Crippen molar-refractivity contribution in [2.75, 3.05) is 7.11 Å². The van der Waals surface area contributed by atoms with Gasteiger partial charge in [0.25, 0.3) is 0 Å². The number of rotatable bonds is 1. The topological polar surface area (TPSA) is 26.3 Å². The molecular weight excluding hydrogens is 176 g/mol. The summed E-state index contributed by atoms with van der Waals surface area (Å²) >= 11 is 0. The fourth-order valence-corrected chi connectivity index (χ4v) is 2.33. The quantitative estimate of drug-likeness (QED) is 0.471. The molecule has 2 rings (SSSR count). The van der Waals surface area contributed by atoms with Crippen LogP contribution in [0.25, 0.3) is 0 Å². The normalized spacial score (nSPS) is 21.4.